The number of aromatic nitrogens is 2. The molecule has 3 aromatic rings. The fraction of sp³-hybridized carbons (Fsp3) is 0.381. The highest BCUT2D eigenvalue weighted by molar-refractivity contribution is 6.30. The molecule has 0 spiro atoms. The van der Waals surface area contributed by atoms with Crippen LogP contribution in [0.2, 0.25) is 5.02 Å². The van der Waals surface area contributed by atoms with Gasteiger partial charge in [0.2, 0.25) is 0 Å². The third kappa shape index (κ3) is 4.16. The number of hydrogen-bond donors (Lipinski definition) is 1. The molecule has 0 aliphatic heterocycles. The van der Waals surface area contributed by atoms with Gasteiger partial charge in [-0.1, -0.05) is 62.7 Å². The van der Waals surface area contributed by atoms with Crippen LogP contribution in [0.3, 0.4) is 0 Å². The second-order valence-corrected chi connectivity index (χ2v) is 8.93. The molecule has 0 atom stereocenters. The standard InChI is InChI=1S/C21H26ClN3/c1-20(2,3)14-21(4,5)24-19-18(15-9-7-6-8-10-15)23-17-12-11-16(22)13-25(17)19/h6-13,24H,14H2,1-5H3. The van der Waals surface area contributed by atoms with Gasteiger partial charge in [-0.15, -0.1) is 0 Å². The molecule has 4 heteroatoms. The van der Waals surface area contributed by atoms with Gasteiger partial charge in [-0.2, -0.15) is 0 Å². The first-order chi connectivity index (χ1) is 11.6. The number of benzene rings is 1. The summed E-state index contributed by atoms with van der Waals surface area (Å²) in [4.78, 5) is 4.85. The van der Waals surface area contributed by atoms with E-state index in [0.717, 1.165) is 29.1 Å². The maximum Gasteiger partial charge on any atom is 0.139 e. The average Bonchev–Trinajstić information content (AvgIpc) is 2.83. The van der Waals surface area contributed by atoms with Crippen molar-refractivity contribution in [2.75, 3.05) is 5.32 Å². The minimum Gasteiger partial charge on any atom is -0.364 e. The van der Waals surface area contributed by atoms with E-state index >= 15 is 0 Å². The number of nitrogens with one attached hydrogen (secondary N) is 1. The summed E-state index contributed by atoms with van der Waals surface area (Å²) in [6.07, 6.45) is 2.95. The Kier molecular flexibility index (Phi) is 4.54. The highest BCUT2D eigenvalue weighted by Gasteiger charge is 2.28. The Morgan fingerprint density at radius 2 is 1.68 bits per heavy atom. The first kappa shape index (κ1) is 17.8. The minimum absolute atomic E-state index is 0.0833. The fourth-order valence-corrected chi connectivity index (χ4v) is 3.79. The largest absolute Gasteiger partial charge is 0.364 e. The molecule has 1 N–H and O–H groups in total. The van der Waals surface area contributed by atoms with Crippen LogP contribution >= 0.6 is 11.6 Å². The normalized spacial score (nSPS) is 12.6. The van der Waals surface area contributed by atoms with Gasteiger partial charge < -0.3 is 5.32 Å². The average molecular weight is 356 g/mol. The van der Waals surface area contributed by atoms with Crippen LogP contribution in [-0.2, 0) is 0 Å². The maximum absolute atomic E-state index is 6.25. The first-order valence-electron chi connectivity index (χ1n) is 8.66. The molecule has 0 radical (unpaired) electrons. The molecule has 25 heavy (non-hydrogen) atoms. The van der Waals surface area contributed by atoms with Crippen LogP contribution in [0.5, 0.6) is 0 Å². The van der Waals surface area contributed by atoms with Crippen molar-refractivity contribution in [3.63, 3.8) is 0 Å². The molecule has 0 saturated heterocycles. The van der Waals surface area contributed by atoms with Crippen molar-refractivity contribution in [1.29, 1.82) is 0 Å². The van der Waals surface area contributed by atoms with Crippen LogP contribution in [0.4, 0.5) is 5.82 Å². The third-order valence-electron chi connectivity index (χ3n) is 4.06. The Bertz CT molecular complexity index is 873. The molecule has 1 aromatic carbocycles. The van der Waals surface area contributed by atoms with Crippen molar-refractivity contribution in [3.8, 4) is 11.3 Å². The third-order valence-corrected chi connectivity index (χ3v) is 4.28. The van der Waals surface area contributed by atoms with E-state index in [1.807, 2.05) is 36.5 Å². The van der Waals surface area contributed by atoms with E-state index in [1.165, 1.54) is 0 Å². The number of nitrogens with zero attached hydrogens (tertiary/aromatic N) is 2. The maximum atomic E-state index is 6.25. The molecule has 0 amide bonds. The van der Waals surface area contributed by atoms with Gasteiger partial charge in [0.25, 0.3) is 0 Å². The molecular formula is C21H26ClN3. The Balaban J connectivity index is 2.13. The second kappa shape index (κ2) is 6.38. The number of halogens is 1. The molecule has 0 saturated carbocycles. The van der Waals surface area contributed by atoms with E-state index in [1.54, 1.807) is 0 Å². The fourth-order valence-electron chi connectivity index (χ4n) is 3.63. The summed E-state index contributed by atoms with van der Waals surface area (Å²) in [6, 6.07) is 14.1. The second-order valence-electron chi connectivity index (χ2n) is 8.50. The van der Waals surface area contributed by atoms with Crippen molar-refractivity contribution in [2.45, 2.75) is 46.6 Å². The Hall–Kier alpha value is -2.00. The van der Waals surface area contributed by atoms with Crippen LogP contribution in [0.15, 0.2) is 48.7 Å². The molecule has 2 aromatic heterocycles. The van der Waals surface area contributed by atoms with E-state index in [-0.39, 0.29) is 11.0 Å². The molecule has 3 nitrogen and oxygen atoms in total. The minimum atomic E-state index is -0.0833. The van der Waals surface area contributed by atoms with Gasteiger partial charge in [0.05, 0.1) is 5.02 Å². The number of pyridine rings is 1. The summed E-state index contributed by atoms with van der Waals surface area (Å²) < 4.78 is 2.05. The van der Waals surface area contributed by atoms with Crippen molar-refractivity contribution < 1.29 is 0 Å². The summed E-state index contributed by atoms with van der Waals surface area (Å²) in [6.45, 7) is 11.3. The smallest absolute Gasteiger partial charge is 0.139 e. The van der Waals surface area contributed by atoms with Gasteiger partial charge in [-0.05, 0) is 37.8 Å². The lowest BCUT2D eigenvalue weighted by atomic mass is 9.82. The topological polar surface area (TPSA) is 29.3 Å². The van der Waals surface area contributed by atoms with Gasteiger partial charge >= 0.3 is 0 Å². The molecule has 0 unspecified atom stereocenters. The lowest BCUT2D eigenvalue weighted by molar-refractivity contribution is 0.302. The van der Waals surface area contributed by atoms with Crippen molar-refractivity contribution in [2.24, 2.45) is 5.41 Å². The van der Waals surface area contributed by atoms with Crippen molar-refractivity contribution >= 4 is 23.1 Å². The summed E-state index contributed by atoms with van der Waals surface area (Å²) in [5.74, 6) is 0.984. The molecule has 132 valence electrons. The van der Waals surface area contributed by atoms with Crippen LogP contribution < -0.4 is 5.32 Å². The number of hydrogen-bond acceptors (Lipinski definition) is 2. The van der Waals surface area contributed by atoms with Gasteiger partial charge in [0.1, 0.15) is 17.2 Å². The predicted molar refractivity (Wildman–Crippen MR) is 107 cm³/mol. The number of anilines is 1. The highest BCUT2D eigenvalue weighted by atomic mass is 35.5. The van der Waals surface area contributed by atoms with Crippen molar-refractivity contribution in [1.82, 2.24) is 9.38 Å². The number of rotatable bonds is 4. The Morgan fingerprint density at radius 1 is 1.00 bits per heavy atom. The zero-order valence-corrected chi connectivity index (χ0v) is 16.4. The van der Waals surface area contributed by atoms with E-state index in [4.69, 9.17) is 16.6 Å². The first-order valence-corrected chi connectivity index (χ1v) is 9.04. The highest BCUT2D eigenvalue weighted by Crippen LogP contribution is 2.35. The van der Waals surface area contributed by atoms with E-state index < -0.39 is 0 Å². The van der Waals surface area contributed by atoms with Crippen LogP contribution in [0.25, 0.3) is 16.9 Å². The van der Waals surface area contributed by atoms with E-state index in [9.17, 15) is 0 Å². The van der Waals surface area contributed by atoms with Crippen LogP contribution in [0, 0.1) is 5.41 Å². The van der Waals surface area contributed by atoms with Crippen LogP contribution in [0.1, 0.15) is 41.0 Å². The zero-order valence-electron chi connectivity index (χ0n) is 15.6. The van der Waals surface area contributed by atoms with Gasteiger partial charge in [0, 0.05) is 17.3 Å². The predicted octanol–water partition coefficient (Wildman–Crippen LogP) is 6.28. The van der Waals surface area contributed by atoms with E-state index in [0.29, 0.717) is 5.02 Å². The van der Waals surface area contributed by atoms with Gasteiger partial charge in [-0.3, -0.25) is 4.40 Å². The molecule has 0 aliphatic rings. The molecule has 0 aliphatic carbocycles. The van der Waals surface area contributed by atoms with Crippen LogP contribution in [-0.4, -0.2) is 14.9 Å². The summed E-state index contributed by atoms with van der Waals surface area (Å²) in [7, 11) is 0. The van der Waals surface area contributed by atoms with Crippen molar-refractivity contribution in [3.05, 3.63) is 53.7 Å². The molecule has 3 rings (SSSR count). The van der Waals surface area contributed by atoms with Gasteiger partial charge in [0.15, 0.2) is 0 Å². The number of imidazole rings is 1. The lowest BCUT2D eigenvalue weighted by Crippen LogP contribution is -2.36. The summed E-state index contributed by atoms with van der Waals surface area (Å²) in [5, 5.41) is 4.43. The van der Waals surface area contributed by atoms with Gasteiger partial charge in [-0.25, -0.2) is 4.98 Å². The summed E-state index contributed by atoms with van der Waals surface area (Å²) in [5.41, 5.74) is 3.07. The quantitative estimate of drug-likeness (QED) is 0.596. The molecule has 2 heterocycles. The lowest BCUT2D eigenvalue weighted by Gasteiger charge is -2.34. The Labute approximate surface area is 155 Å². The van der Waals surface area contributed by atoms with E-state index in [2.05, 4.69) is 56.5 Å². The zero-order chi connectivity index (χ0) is 18.2. The Morgan fingerprint density at radius 3 is 2.32 bits per heavy atom. The monoisotopic (exact) mass is 355 g/mol. The molecule has 0 bridgehead atoms. The molecular weight excluding hydrogens is 330 g/mol. The number of fused-ring (bicyclic) bond motifs is 1. The summed E-state index contributed by atoms with van der Waals surface area (Å²) >= 11 is 6.25. The molecule has 0 fully saturated rings. The SMILES string of the molecule is CC(C)(C)CC(C)(C)Nc1c(-c2ccccc2)nc2ccc(Cl)cn12.